The number of likely N-dealkylation sites (tertiary alicyclic amines) is 1. The van der Waals surface area contributed by atoms with Gasteiger partial charge < -0.3 is 10.5 Å². The highest BCUT2D eigenvalue weighted by Crippen LogP contribution is 2.31. The smallest absolute Gasteiger partial charge is 0.306 e. The largest absolute Gasteiger partial charge is 0.466 e. The third-order valence-corrected chi connectivity index (χ3v) is 3.42. The van der Waals surface area contributed by atoms with Crippen molar-refractivity contribution >= 4 is 5.97 Å². The van der Waals surface area contributed by atoms with Crippen molar-refractivity contribution in [2.75, 3.05) is 19.7 Å². The van der Waals surface area contributed by atoms with Crippen LogP contribution in [-0.4, -0.2) is 42.6 Å². The van der Waals surface area contributed by atoms with E-state index in [0.717, 1.165) is 25.6 Å². The number of nitrogens with two attached hydrogens (primary N) is 1. The zero-order chi connectivity index (χ0) is 11.5. The van der Waals surface area contributed by atoms with Crippen LogP contribution < -0.4 is 5.73 Å². The van der Waals surface area contributed by atoms with E-state index < -0.39 is 0 Å². The van der Waals surface area contributed by atoms with Crippen molar-refractivity contribution in [2.24, 2.45) is 11.7 Å². The van der Waals surface area contributed by atoms with Crippen LogP contribution in [0.3, 0.4) is 0 Å². The third kappa shape index (κ3) is 3.19. The number of carbonyl (C=O) groups is 1. The minimum Gasteiger partial charge on any atom is -0.466 e. The van der Waals surface area contributed by atoms with Crippen molar-refractivity contribution in [3.63, 3.8) is 0 Å². The first-order chi connectivity index (χ1) is 7.69. The van der Waals surface area contributed by atoms with Gasteiger partial charge >= 0.3 is 5.97 Å². The molecule has 2 atom stereocenters. The van der Waals surface area contributed by atoms with E-state index in [-0.39, 0.29) is 12.0 Å². The molecule has 1 saturated heterocycles. The van der Waals surface area contributed by atoms with Gasteiger partial charge in [0, 0.05) is 31.6 Å². The first-order valence-electron chi connectivity index (χ1n) is 6.34. The molecule has 2 aliphatic rings. The monoisotopic (exact) mass is 226 g/mol. The van der Waals surface area contributed by atoms with Gasteiger partial charge in [-0.05, 0) is 32.1 Å². The number of hydrogen-bond acceptors (Lipinski definition) is 4. The fourth-order valence-electron chi connectivity index (χ4n) is 2.63. The van der Waals surface area contributed by atoms with Gasteiger partial charge in [-0.3, -0.25) is 9.69 Å². The summed E-state index contributed by atoms with van der Waals surface area (Å²) < 4.78 is 4.99. The lowest BCUT2D eigenvalue weighted by molar-refractivity contribution is -0.144. The zero-order valence-electron chi connectivity index (χ0n) is 10.0. The second-order valence-electron chi connectivity index (χ2n) is 5.06. The highest BCUT2D eigenvalue weighted by molar-refractivity contribution is 5.69. The van der Waals surface area contributed by atoms with Gasteiger partial charge in [0.05, 0.1) is 6.61 Å². The van der Waals surface area contributed by atoms with Crippen LogP contribution in [0.1, 0.15) is 32.6 Å². The molecule has 4 heteroatoms. The van der Waals surface area contributed by atoms with E-state index in [0.29, 0.717) is 18.9 Å². The Morgan fingerprint density at radius 1 is 1.44 bits per heavy atom. The van der Waals surface area contributed by atoms with Gasteiger partial charge in [-0.15, -0.1) is 0 Å². The summed E-state index contributed by atoms with van der Waals surface area (Å²) in [5.41, 5.74) is 6.04. The summed E-state index contributed by atoms with van der Waals surface area (Å²) >= 11 is 0. The summed E-state index contributed by atoms with van der Waals surface area (Å²) in [6.07, 6.45) is 4.10. The number of rotatable bonds is 4. The van der Waals surface area contributed by atoms with Crippen molar-refractivity contribution in [3.05, 3.63) is 0 Å². The molecule has 92 valence electrons. The molecule has 0 bridgehead atoms. The summed E-state index contributed by atoms with van der Waals surface area (Å²) in [5.74, 6) is 0.320. The predicted octanol–water partition coefficient (Wildman–Crippen LogP) is 0.751. The summed E-state index contributed by atoms with van der Waals surface area (Å²) in [4.78, 5) is 13.9. The van der Waals surface area contributed by atoms with E-state index in [9.17, 15) is 4.79 Å². The van der Waals surface area contributed by atoms with Crippen LogP contribution in [0.25, 0.3) is 0 Å². The molecule has 1 aliphatic carbocycles. The van der Waals surface area contributed by atoms with Crippen LogP contribution in [0.15, 0.2) is 0 Å². The number of ether oxygens (including phenoxy) is 1. The first kappa shape index (κ1) is 11.9. The predicted molar refractivity (Wildman–Crippen MR) is 61.9 cm³/mol. The average molecular weight is 226 g/mol. The fourth-order valence-corrected chi connectivity index (χ4v) is 2.63. The molecule has 4 nitrogen and oxygen atoms in total. The van der Waals surface area contributed by atoms with E-state index in [2.05, 4.69) is 4.90 Å². The number of esters is 1. The van der Waals surface area contributed by atoms with Crippen LogP contribution in [0.5, 0.6) is 0 Å². The first-order valence-corrected chi connectivity index (χ1v) is 6.34. The Bertz CT molecular complexity index is 253. The molecule has 0 spiro atoms. The molecule has 1 aliphatic heterocycles. The average Bonchev–Trinajstić information content (AvgIpc) is 2.99. The Labute approximate surface area is 97.1 Å². The molecular weight excluding hydrogens is 204 g/mol. The molecule has 0 amide bonds. The van der Waals surface area contributed by atoms with Crippen LogP contribution >= 0.6 is 0 Å². The van der Waals surface area contributed by atoms with Crippen LogP contribution in [0.4, 0.5) is 0 Å². The minimum atomic E-state index is -0.0719. The Kier molecular flexibility index (Phi) is 3.82. The second-order valence-corrected chi connectivity index (χ2v) is 5.06. The number of hydrogen-bond donors (Lipinski definition) is 1. The summed E-state index contributed by atoms with van der Waals surface area (Å²) in [5, 5.41) is 0. The molecule has 0 radical (unpaired) electrons. The van der Waals surface area contributed by atoms with Crippen molar-refractivity contribution in [3.8, 4) is 0 Å². The van der Waals surface area contributed by atoms with Gasteiger partial charge in [-0.1, -0.05) is 0 Å². The molecule has 1 saturated carbocycles. The normalized spacial score (nSPS) is 31.4. The van der Waals surface area contributed by atoms with Crippen molar-refractivity contribution in [1.29, 1.82) is 0 Å². The minimum absolute atomic E-state index is 0.0719. The van der Waals surface area contributed by atoms with Gasteiger partial charge in [0.15, 0.2) is 0 Å². The summed E-state index contributed by atoms with van der Waals surface area (Å²) in [6.45, 7) is 4.35. The molecule has 2 unspecified atom stereocenters. The lowest BCUT2D eigenvalue weighted by Gasteiger charge is -2.36. The van der Waals surface area contributed by atoms with E-state index in [1.54, 1.807) is 0 Å². The summed E-state index contributed by atoms with van der Waals surface area (Å²) in [6, 6.07) is 0.977. The van der Waals surface area contributed by atoms with Gasteiger partial charge in [-0.25, -0.2) is 0 Å². The Morgan fingerprint density at radius 3 is 2.81 bits per heavy atom. The lowest BCUT2D eigenvalue weighted by atomic mass is 9.92. The van der Waals surface area contributed by atoms with Crippen LogP contribution in [0.2, 0.25) is 0 Å². The van der Waals surface area contributed by atoms with Gasteiger partial charge in [0.1, 0.15) is 0 Å². The van der Waals surface area contributed by atoms with E-state index in [4.69, 9.17) is 10.5 Å². The second kappa shape index (κ2) is 5.15. The van der Waals surface area contributed by atoms with E-state index >= 15 is 0 Å². The fraction of sp³-hybridized carbons (Fsp3) is 0.917. The van der Waals surface area contributed by atoms with Crippen LogP contribution in [0, 0.1) is 5.92 Å². The Hall–Kier alpha value is -0.610. The molecule has 0 aromatic heterocycles. The molecule has 0 aromatic rings. The molecule has 16 heavy (non-hydrogen) atoms. The van der Waals surface area contributed by atoms with Crippen molar-refractivity contribution < 1.29 is 9.53 Å². The Morgan fingerprint density at radius 2 is 2.19 bits per heavy atom. The quantitative estimate of drug-likeness (QED) is 0.719. The lowest BCUT2D eigenvalue weighted by Crippen LogP contribution is -2.48. The topological polar surface area (TPSA) is 55.6 Å². The van der Waals surface area contributed by atoms with E-state index in [1.807, 2.05) is 6.92 Å². The van der Waals surface area contributed by atoms with Gasteiger partial charge in [-0.2, -0.15) is 0 Å². The number of piperidine rings is 1. The van der Waals surface area contributed by atoms with Crippen LogP contribution in [-0.2, 0) is 9.53 Å². The maximum absolute atomic E-state index is 11.4. The number of carbonyl (C=O) groups excluding carboxylic acids is 1. The molecule has 2 fully saturated rings. The Balaban J connectivity index is 1.81. The molecule has 1 heterocycles. The third-order valence-electron chi connectivity index (χ3n) is 3.42. The standard InChI is InChI=1S/C12H22N2O2/c1-2-16-12(15)6-9-5-10(13)8-14(7-9)11-3-4-11/h9-11H,2-8,13H2,1H3. The van der Waals surface area contributed by atoms with E-state index in [1.165, 1.54) is 12.8 Å². The van der Waals surface area contributed by atoms with Crippen molar-refractivity contribution in [2.45, 2.75) is 44.7 Å². The maximum atomic E-state index is 11.4. The highest BCUT2D eigenvalue weighted by atomic mass is 16.5. The summed E-state index contributed by atoms with van der Waals surface area (Å²) in [7, 11) is 0. The maximum Gasteiger partial charge on any atom is 0.306 e. The van der Waals surface area contributed by atoms with Crippen molar-refractivity contribution in [1.82, 2.24) is 4.90 Å². The van der Waals surface area contributed by atoms with Gasteiger partial charge in [0.25, 0.3) is 0 Å². The number of nitrogens with zero attached hydrogens (tertiary/aromatic N) is 1. The molecule has 2 N–H and O–H groups in total. The molecular formula is C12H22N2O2. The molecule has 0 aromatic carbocycles. The SMILES string of the molecule is CCOC(=O)CC1CC(N)CN(C2CC2)C1. The highest BCUT2D eigenvalue weighted by Gasteiger charge is 2.35. The van der Waals surface area contributed by atoms with Gasteiger partial charge in [0.2, 0.25) is 0 Å². The zero-order valence-corrected chi connectivity index (χ0v) is 10.0. The molecule has 2 rings (SSSR count).